The SMILES string of the molecule is Cc1cccc(C(=O)N(C)CC2(O)CCCC2)c1Cl. The van der Waals surface area contributed by atoms with E-state index in [-0.39, 0.29) is 5.91 Å². The number of aliphatic hydroxyl groups is 1. The first kappa shape index (κ1) is 14.4. The van der Waals surface area contributed by atoms with Crippen molar-refractivity contribution in [1.82, 2.24) is 4.90 Å². The average Bonchev–Trinajstić information content (AvgIpc) is 2.78. The lowest BCUT2D eigenvalue weighted by atomic mass is 10.0. The van der Waals surface area contributed by atoms with Crippen LogP contribution in [0.1, 0.15) is 41.6 Å². The Kier molecular flexibility index (Phi) is 4.16. The number of hydrogen-bond acceptors (Lipinski definition) is 2. The highest BCUT2D eigenvalue weighted by Gasteiger charge is 2.33. The number of carbonyl (C=O) groups is 1. The van der Waals surface area contributed by atoms with E-state index in [1.807, 2.05) is 19.1 Å². The molecule has 2 rings (SSSR count). The van der Waals surface area contributed by atoms with Gasteiger partial charge in [-0.05, 0) is 31.4 Å². The second-order valence-electron chi connectivity index (χ2n) is 5.53. The van der Waals surface area contributed by atoms with Crippen molar-refractivity contribution >= 4 is 17.5 Å². The molecule has 1 aromatic rings. The molecule has 1 aliphatic carbocycles. The molecule has 1 aromatic carbocycles. The van der Waals surface area contributed by atoms with Gasteiger partial charge in [0.15, 0.2) is 0 Å². The molecule has 19 heavy (non-hydrogen) atoms. The number of hydrogen-bond donors (Lipinski definition) is 1. The third-order valence-electron chi connectivity index (χ3n) is 3.83. The van der Waals surface area contributed by atoms with Crippen LogP contribution in [0.25, 0.3) is 0 Å². The second-order valence-corrected chi connectivity index (χ2v) is 5.91. The maximum atomic E-state index is 12.4. The number of likely N-dealkylation sites (N-methyl/N-ethyl adjacent to an activating group) is 1. The molecule has 0 unspecified atom stereocenters. The first-order chi connectivity index (χ1) is 8.93. The molecule has 104 valence electrons. The first-order valence-corrected chi connectivity index (χ1v) is 7.04. The van der Waals surface area contributed by atoms with Crippen molar-refractivity contribution in [3.63, 3.8) is 0 Å². The van der Waals surface area contributed by atoms with Gasteiger partial charge in [-0.2, -0.15) is 0 Å². The summed E-state index contributed by atoms with van der Waals surface area (Å²) in [5.74, 6) is -0.131. The van der Waals surface area contributed by atoms with Crippen molar-refractivity contribution in [2.45, 2.75) is 38.2 Å². The Bertz CT molecular complexity index is 481. The van der Waals surface area contributed by atoms with Crippen LogP contribution >= 0.6 is 11.6 Å². The highest BCUT2D eigenvalue weighted by atomic mass is 35.5. The van der Waals surface area contributed by atoms with Crippen molar-refractivity contribution < 1.29 is 9.90 Å². The standard InChI is InChI=1S/C15H20ClNO2/c1-11-6-5-7-12(13(11)16)14(18)17(2)10-15(19)8-3-4-9-15/h5-7,19H,3-4,8-10H2,1-2H3. The van der Waals surface area contributed by atoms with Crippen LogP contribution < -0.4 is 0 Å². The zero-order chi connectivity index (χ0) is 14.0. The Hall–Kier alpha value is -1.06. The normalized spacial score (nSPS) is 17.5. The summed E-state index contributed by atoms with van der Waals surface area (Å²) in [7, 11) is 1.72. The number of benzene rings is 1. The van der Waals surface area contributed by atoms with E-state index in [1.54, 1.807) is 18.0 Å². The minimum absolute atomic E-state index is 0.131. The van der Waals surface area contributed by atoms with E-state index >= 15 is 0 Å². The minimum Gasteiger partial charge on any atom is -0.388 e. The molecule has 0 radical (unpaired) electrons. The quantitative estimate of drug-likeness (QED) is 0.925. The first-order valence-electron chi connectivity index (χ1n) is 6.66. The number of carbonyl (C=O) groups excluding carboxylic acids is 1. The molecule has 0 heterocycles. The molecule has 1 aliphatic rings. The molecule has 1 N–H and O–H groups in total. The van der Waals surface area contributed by atoms with Gasteiger partial charge in [-0.3, -0.25) is 4.79 Å². The number of nitrogens with zero attached hydrogens (tertiary/aromatic N) is 1. The van der Waals surface area contributed by atoms with E-state index in [4.69, 9.17) is 11.6 Å². The van der Waals surface area contributed by atoms with Gasteiger partial charge >= 0.3 is 0 Å². The topological polar surface area (TPSA) is 40.5 Å². The van der Waals surface area contributed by atoms with Gasteiger partial charge in [-0.25, -0.2) is 0 Å². The third-order valence-corrected chi connectivity index (χ3v) is 4.34. The van der Waals surface area contributed by atoms with E-state index in [0.717, 1.165) is 31.2 Å². The second kappa shape index (κ2) is 5.51. The van der Waals surface area contributed by atoms with E-state index in [0.29, 0.717) is 17.1 Å². The smallest absolute Gasteiger partial charge is 0.255 e. The monoisotopic (exact) mass is 281 g/mol. The Morgan fingerprint density at radius 1 is 1.42 bits per heavy atom. The zero-order valence-corrected chi connectivity index (χ0v) is 12.2. The van der Waals surface area contributed by atoms with Crippen LogP contribution in [0.4, 0.5) is 0 Å². The Morgan fingerprint density at radius 3 is 2.68 bits per heavy atom. The van der Waals surface area contributed by atoms with Gasteiger partial charge in [0, 0.05) is 13.6 Å². The molecular formula is C15H20ClNO2. The summed E-state index contributed by atoms with van der Waals surface area (Å²) < 4.78 is 0. The molecule has 4 heteroatoms. The van der Waals surface area contributed by atoms with Crippen LogP contribution in [-0.4, -0.2) is 35.1 Å². The van der Waals surface area contributed by atoms with Gasteiger partial charge in [0.05, 0.1) is 16.2 Å². The van der Waals surface area contributed by atoms with Crippen LogP contribution in [-0.2, 0) is 0 Å². The molecule has 0 aliphatic heterocycles. The summed E-state index contributed by atoms with van der Waals surface area (Å²) in [6.45, 7) is 2.25. The van der Waals surface area contributed by atoms with E-state index < -0.39 is 5.60 Å². The van der Waals surface area contributed by atoms with Gasteiger partial charge in [-0.15, -0.1) is 0 Å². The van der Waals surface area contributed by atoms with E-state index in [9.17, 15) is 9.90 Å². The van der Waals surface area contributed by atoms with E-state index in [1.165, 1.54) is 0 Å². The summed E-state index contributed by atoms with van der Waals surface area (Å²) in [5.41, 5.74) is 0.673. The Morgan fingerprint density at radius 2 is 2.05 bits per heavy atom. The van der Waals surface area contributed by atoms with Gasteiger partial charge in [0.25, 0.3) is 5.91 Å². The van der Waals surface area contributed by atoms with Crippen LogP contribution in [0, 0.1) is 6.92 Å². The molecule has 3 nitrogen and oxygen atoms in total. The third kappa shape index (κ3) is 3.10. The van der Waals surface area contributed by atoms with Crippen LogP contribution in [0.5, 0.6) is 0 Å². The summed E-state index contributed by atoms with van der Waals surface area (Å²) in [5, 5.41) is 10.9. The Balaban J connectivity index is 2.12. The van der Waals surface area contributed by atoms with Gasteiger partial charge < -0.3 is 10.0 Å². The predicted octanol–water partition coefficient (Wildman–Crippen LogP) is 3.03. The van der Waals surface area contributed by atoms with Crippen LogP contribution in [0.3, 0.4) is 0 Å². The van der Waals surface area contributed by atoms with Crippen LogP contribution in [0.15, 0.2) is 18.2 Å². The number of rotatable bonds is 3. The molecule has 1 fully saturated rings. The number of aryl methyl sites for hydroxylation is 1. The molecule has 0 atom stereocenters. The summed E-state index contributed by atoms with van der Waals surface area (Å²) in [6, 6.07) is 5.43. The van der Waals surface area contributed by atoms with Crippen molar-refractivity contribution in [3.8, 4) is 0 Å². The lowest BCUT2D eigenvalue weighted by Crippen LogP contribution is -2.42. The fraction of sp³-hybridized carbons (Fsp3) is 0.533. The average molecular weight is 282 g/mol. The van der Waals surface area contributed by atoms with Crippen LogP contribution in [0.2, 0.25) is 5.02 Å². The maximum absolute atomic E-state index is 12.4. The molecule has 0 spiro atoms. The van der Waals surface area contributed by atoms with Crippen molar-refractivity contribution in [3.05, 3.63) is 34.3 Å². The lowest BCUT2D eigenvalue weighted by Gasteiger charge is -2.29. The highest BCUT2D eigenvalue weighted by Crippen LogP contribution is 2.30. The van der Waals surface area contributed by atoms with Gasteiger partial charge in [-0.1, -0.05) is 36.6 Å². The molecule has 0 saturated heterocycles. The number of amides is 1. The lowest BCUT2D eigenvalue weighted by molar-refractivity contribution is 0.0157. The molecule has 0 aromatic heterocycles. The molecule has 0 bridgehead atoms. The summed E-state index contributed by atoms with van der Waals surface area (Å²) in [6.07, 6.45) is 3.60. The maximum Gasteiger partial charge on any atom is 0.255 e. The molecule has 1 amide bonds. The predicted molar refractivity (Wildman–Crippen MR) is 76.6 cm³/mol. The largest absolute Gasteiger partial charge is 0.388 e. The number of halogens is 1. The fourth-order valence-corrected chi connectivity index (χ4v) is 2.93. The van der Waals surface area contributed by atoms with Gasteiger partial charge in [0.2, 0.25) is 0 Å². The minimum atomic E-state index is -0.722. The summed E-state index contributed by atoms with van der Waals surface area (Å²) >= 11 is 6.17. The highest BCUT2D eigenvalue weighted by molar-refractivity contribution is 6.34. The van der Waals surface area contributed by atoms with Crippen molar-refractivity contribution in [1.29, 1.82) is 0 Å². The Labute approximate surface area is 119 Å². The summed E-state index contributed by atoms with van der Waals surface area (Å²) in [4.78, 5) is 14.0. The zero-order valence-electron chi connectivity index (χ0n) is 11.4. The van der Waals surface area contributed by atoms with Gasteiger partial charge in [0.1, 0.15) is 0 Å². The fourth-order valence-electron chi connectivity index (χ4n) is 2.72. The van der Waals surface area contributed by atoms with Crippen molar-refractivity contribution in [2.75, 3.05) is 13.6 Å². The molecular weight excluding hydrogens is 262 g/mol. The molecule has 1 saturated carbocycles. The van der Waals surface area contributed by atoms with Crippen molar-refractivity contribution in [2.24, 2.45) is 0 Å². The van der Waals surface area contributed by atoms with E-state index in [2.05, 4.69) is 0 Å².